The largest absolute Gasteiger partial charge is 0.361 e. The van der Waals surface area contributed by atoms with Gasteiger partial charge in [0, 0.05) is 6.08 Å². The third kappa shape index (κ3) is 1.97. The summed E-state index contributed by atoms with van der Waals surface area (Å²) in [6, 6.07) is 0. The lowest BCUT2D eigenvalue weighted by atomic mass is 10.2. The van der Waals surface area contributed by atoms with Gasteiger partial charge in [-0.25, -0.2) is 0 Å². The molecule has 0 bridgehead atoms. The van der Waals surface area contributed by atoms with E-state index in [2.05, 4.69) is 4.79 Å². The highest BCUT2D eigenvalue weighted by Crippen LogP contribution is 2.10. The van der Waals surface area contributed by atoms with Crippen LogP contribution in [0.5, 0.6) is 0 Å². The topological polar surface area (TPSA) is 108 Å². The number of carbonyl (C=O) groups is 1. The van der Waals surface area contributed by atoms with Crippen LogP contribution in [-0.2, 0) is 14.9 Å². The molecule has 1 N–H and O–H groups in total. The predicted octanol–water partition coefficient (Wildman–Crippen LogP) is -0.432. The molecular weight excluding hydrogens is 196 g/mol. The predicted molar refractivity (Wildman–Crippen MR) is 42.4 cm³/mol. The minimum absolute atomic E-state index is 0.118. The van der Waals surface area contributed by atoms with Crippen molar-refractivity contribution in [2.24, 2.45) is 0 Å². The monoisotopic (exact) mass is 200 g/mol. The summed E-state index contributed by atoms with van der Waals surface area (Å²) < 4.78 is 29.6. The number of nitrogens with zero attached hydrogens (tertiary/aromatic N) is 2. The molecule has 0 heterocycles. The summed E-state index contributed by atoms with van der Waals surface area (Å²) in [5, 5.41) is 0. The van der Waals surface area contributed by atoms with Crippen LogP contribution in [-0.4, -0.2) is 29.3 Å². The summed E-state index contributed by atoms with van der Waals surface area (Å²) in [6.45, 7) is 0. The maximum atomic E-state index is 10.9. The Bertz CT molecular complexity index is 465. The number of rotatable bonds is 1. The molecule has 1 rings (SSSR count). The number of ketones is 1. The molecule has 13 heavy (non-hydrogen) atoms. The summed E-state index contributed by atoms with van der Waals surface area (Å²) in [7, 11) is -4.55. The van der Waals surface area contributed by atoms with Gasteiger partial charge in [-0.1, -0.05) is 0 Å². The molecule has 1 aliphatic carbocycles. The summed E-state index contributed by atoms with van der Waals surface area (Å²) >= 11 is 0. The van der Waals surface area contributed by atoms with Gasteiger partial charge >= 0.3 is 5.71 Å². The number of carbonyl (C=O) groups excluding carboxylic acids is 1. The average Bonchev–Trinajstić information content (AvgIpc) is 2.03. The third-order valence-electron chi connectivity index (χ3n) is 1.32. The van der Waals surface area contributed by atoms with Crippen molar-refractivity contribution < 1.29 is 22.6 Å². The second-order valence-electron chi connectivity index (χ2n) is 2.21. The Labute approximate surface area is 73.6 Å². The van der Waals surface area contributed by atoms with Gasteiger partial charge in [-0.3, -0.25) is 9.35 Å². The van der Waals surface area contributed by atoms with Crippen molar-refractivity contribution in [1.82, 2.24) is 0 Å². The van der Waals surface area contributed by atoms with Gasteiger partial charge in [0.2, 0.25) is 0 Å². The maximum Gasteiger partial charge on any atom is 0.317 e. The molecule has 7 heteroatoms. The van der Waals surface area contributed by atoms with E-state index in [-0.39, 0.29) is 5.71 Å². The molecule has 0 spiro atoms. The van der Waals surface area contributed by atoms with Gasteiger partial charge in [-0.15, -0.1) is 0 Å². The van der Waals surface area contributed by atoms with Crippen molar-refractivity contribution in [3.05, 3.63) is 28.7 Å². The summed E-state index contributed by atoms with van der Waals surface area (Å²) in [5.74, 6) is -0.852. The smallest absolute Gasteiger partial charge is 0.317 e. The molecule has 0 aromatic heterocycles. The highest BCUT2D eigenvalue weighted by molar-refractivity contribution is 7.91. The van der Waals surface area contributed by atoms with Crippen LogP contribution in [0.4, 0.5) is 0 Å². The molecule has 6 nitrogen and oxygen atoms in total. The number of hydrogen-bond acceptors (Lipinski definition) is 3. The van der Waals surface area contributed by atoms with Gasteiger partial charge in [0.15, 0.2) is 5.78 Å². The van der Waals surface area contributed by atoms with Crippen molar-refractivity contribution in [2.75, 3.05) is 0 Å². The van der Waals surface area contributed by atoms with Crippen LogP contribution in [0.3, 0.4) is 0 Å². The second-order valence-corrected chi connectivity index (χ2v) is 3.60. The molecule has 0 aromatic rings. The molecule has 0 fully saturated rings. The van der Waals surface area contributed by atoms with E-state index in [1.54, 1.807) is 0 Å². The highest BCUT2D eigenvalue weighted by Gasteiger charge is 2.25. The zero-order valence-corrected chi connectivity index (χ0v) is 7.02. The molecular formula is C6H4N2O4S. The van der Waals surface area contributed by atoms with Crippen LogP contribution in [0.2, 0.25) is 0 Å². The van der Waals surface area contributed by atoms with E-state index in [0.29, 0.717) is 0 Å². The SMILES string of the molecule is [N-]=[N+]=C1C=CC(=O)C(S(=O)(=O)O)=C1. The molecule has 0 radical (unpaired) electrons. The quantitative estimate of drug-likeness (QED) is 0.268. The second kappa shape index (κ2) is 3.06. The first kappa shape index (κ1) is 9.53. The van der Waals surface area contributed by atoms with Crippen molar-refractivity contribution in [3.63, 3.8) is 0 Å². The molecule has 68 valence electrons. The van der Waals surface area contributed by atoms with Crippen molar-refractivity contribution >= 4 is 21.6 Å². The third-order valence-corrected chi connectivity index (χ3v) is 2.20. The number of hydrogen-bond donors (Lipinski definition) is 1. The van der Waals surface area contributed by atoms with Crippen molar-refractivity contribution in [3.8, 4) is 0 Å². The summed E-state index contributed by atoms with van der Waals surface area (Å²) in [5.41, 5.74) is 8.15. The van der Waals surface area contributed by atoms with E-state index in [1.807, 2.05) is 0 Å². The molecule has 1 aliphatic rings. The van der Waals surface area contributed by atoms with E-state index < -0.39 is 20.8 Å². The molecule has 0 saturated carbocycles. The Morgan fingerprint density at radius 1 is 1.38 bits per heavy atom. The van der Waals surface area contributed by atoms with Gasteiger partial charge in [0.25, 0.3) is 10.1 Å². The first-order valence-corrected chi connectivity index (χ1v) is 4.53. The highest BCUT2D eigenvalue weighted by atomic mass is 32.2. The molecule has 0 amide bonds. The van der Waals surface area contributed by atoms with E-state index >= 15 is 0 Å². The molecule has 0 unspecified atom stereocenters. The molecule has 0 aromatic carbocycles. The van der Waals surface area contributed by atoms with Gasteiger partial charge in [-0.2, -0.15) is 13.2 Å². The minimum Gasteiger partial charge on any atom is -0.361 e. The van der Waals surface area contributed by atoms with Crippen LogP contribution in [0.25, 0.3) is 5.53 Å². The van der Waals surface area contributed by atoms with Crippen molar-refractivity contribution in [1.29, 1.82) is 0 Å². The Morgan fingerprint density at radius 3 is 2.46 bits per heavy atom. The lowest BCUT2D eigenvalue weighted by molar-refractivity contribution is -0.110. The number of allylic oxidation sites excluding steroid dienone is 4. The average molecular weight is 200 g/mol. The Morgan fingerprint density at radius 2 is 2.00 bits per heavy atom. The fraction of sp³-hybridized carbons (Fsp3) is 0. The molecule has 0 saturated heterocycles. The zero-order valence-electron chi connectivity index (χ0n) is 6.21. The van der Waals surface area contributed by atoms with Gasteiger partial charge in [-0.05, 0) is 6.08 Å². The van der Waals surface area contributed by atoms with E-state index in [1.165, 1.54) is 0 Å². The van der Waals surface area contributed by atoms with Gasteiger partial charge in [0.1, 0.15) is 4.91 Å². The van der Waals surface area contributed by atoms with E-state index in [9.17, 15) is 13.2 Å². The first-order valence-electron chi connectivity index (χ1n) is 3.09. The van der Waals surface area contributed by atoms with E-state index in [4.69, 9.17) is 10.1 Å². The van der Waals surface area contributed by atoms with Crippen LogP contribution in [0.1, 0.15) is 0 Å². The minimum atomic E-state index is -4.55. The molecule has 0 aliphatic heterocycles. The maximum absolute atomic E-state index is 10.9. The lowest BCUT2D eigenvalue weighted by Crippen LogP contribution is -2.16. The molecule has 0 atom stereocenters. The standard InChI is InChI=1S/C6H4N2O4S/c7-8-4-1-2-5(9)6(3-4)13(10,11)12/h1-3H,(H,10,11,12). The van der Waals surface area contributed by atoms with Gasteiger partial charge in [0.05, 0.1) is 6.08 Å². The van der Waals surface area contributed by atoms with Crippen LogP contribution >= 0.6 is 0 Å². The normalized spacial score (nSPS) is 16.8. The van der Waals surface area contributed by atoms with Gasteiger partial charge < -0.3 is 5.53 Å². The Kier molecular flexibility index (Phi) is 2.24. The van der Waals surface area contributed by atoms with Crippen LogP contribution < -0.4 is 0 Å². The van der Waals surface area contributed by atoms with E-state index in [0.717, 1.165) is 18.2 Å². The first-order chi connectivity index (χ1) is 5.95. The summed E-state index contributed by atoms with van der Waals surface area (Å²) in [6.07, 6.45) is 2.78. The fourth-order valence-corrected chi connectivity index (χ4v) is 1.35. The zero-order chi connectivity index (χ0) is 10.1. The Hall–Kier alpha value is -1.56. The Balaban J connectivity index is 3.33. The fourth-order valence-electron chi connectivity index (χ4n) is 0.761. The van der Waals surface area contributed by atoms with Crippen LogP contribution in [0, 0.1) is 0 Å². The van der Waals surface area contributed by atoms with Crippen molar-refractivity contribution in [2.45, 2.75) is 0 Å². The van der Waals surface area contributed by atoms with Crippen LogP contribution in [0.15, 0.2) is 23.1 Å². The summed E-state index contributed by atoms with van der Waals surface area (Å²) in [4.78, 5) is 12.7. The lowest BCUT2D eigenvalue weighted by Gasteiger charge is -1.99.